The van der Waals surface area contributed by atoms with Crippen molar-refractivity contribution in [2.45, 2.75) is 97.2 Å². The van der Waals surface area contributed by atoms with Crippen molar-refractivity contribution in [3.05, 3.63) is 47.4 Å². The molecule has 2 unspecified atom stereocenters. The van der Waals surface area contributed by atoms with Gasteiger partial charge in [0.1, 0.15) is 24.3 Å². The molecular formula is C38H56FN7O5S. The first kappa shape index (κ1) is 38.4. The van der Waals surface area contributed by atoms with Gasteiger partial charge >= 0.3 is 0 Å². The van der Waals surface area contributed by atoms with E-state index in [0.29, 0.717) is 73.7 Å². The van der Waals surface area contributed by atoms with Crippen LogP contribution in [0.1, 0.15) is 80.2 Å². The second kappa shape index (κ2) is 17.2. The van der Waals surface area contributed by atoms with Gasteiger partial charge < -0.3 is 24.8 Å². The van der Waals surface area contributed by atoms with E-state index in [4.69, 9.17) is 14.2 Å². The quantitative estimate of drug-likeness (QED) is 0.114. The molecule has 2 atom stereocenters. The summed E-state index contributed by atoms with van der Waals surface area (Å²) in [6, 6.07) is 4.14. The molecule has 2 amide bonds. The van der Waals surface area contributed by atoms with Gasteiger partial charge in [0.15, 0.2) is 6.29 Å². The molecular weight excluding hydrogens is 686 g/mol. The summed E-state index contributed by atoms with van der Waals surface area (Å²) in [6.45, 7) is 6.52. The molecule has 2 saturated carbocycles. The average molecular weight is 742 g/mol. The Labute approximate surface area is 308 Å². The summed E-state index contributed by atoms with van der Waals surface area (Å²) in [5, 5.41) is 14.9. The largest absolute Gasteiger partial charge is 0.358 e. The molecule has 0 spiro atoms. The van der Waals surface area contributed by atoms with Crippen molar-refractivity contribution < 1.29 is 28.2 Å². The van der Waals surface area contributed by atoms with Crippen LogP contribution < -0.4 is 10.6 Å². The Kier molecular flexibility index (Phi) is 12.7. The van der Waals surface area contributed by atoms with Gasteiger partial charge in [-0.3, -0.25) is 14.3 Å². The van der Waals surface area contributed by atoms with Crippen LogP contribution in [0.4, 0.5) is 10.2 Å². The smallest absolute Gasteiger partial charge is 0.270 e. The molecule has 52 heavy (non-hydrogen) atoms. The lowest BCUT2D eigenvalue weighted by Crippen LogP contribution is -2.50. The van der Waals surface area contributed by atoms with E-state index in [1.807, 2.05) is 13.8 Å². The van der Waals surface area contributed by atoms with Crippen LogP contribution in [0, 0.1) is 30.6 Å². The zero-order chi connectivity index (χ0) is 36.8. The first-order chi connectivity index (χ1) is 25.0. The summed E-state index contributed by atoms with van der Waals surface area (Å²) in [4.78, 5) is 31.9. The molecule has 2 aliphatic carbocycles. The number of amides is 2. The van der Waals surface area contributed by atoms with Crippen LogP contribution in [-0.2, 0) is 38.7 Å². The molecule has 6 rings (SSSR count). The molecule has 0 aromatic carbocycles. The summed E-state index contributed by atoms with van der Waals surface area (Å²) in [6.07, 6.45) is 16.7. The second-order valence-electron chi connectivity index (χ2n) is 15.3. The first-order valence-electron chi connectivity index (χ1n) is 18.9. The Bertz CT molecular complexity index is 1660. The van der Waals surface area contributed by atoms with Crippen LogP contribution in [0.2, 0.25) is 0 Å². The first-order valence-corrected chi connectivity index (χ1v) is 21.9. The third-order valence-corrected chi connectivity index (χ3v) is 11.6. The van der Waals surface area contributed by atoms with Gasteiger partial charge in [-0.05, 0) is 119 Å². The fourth-order valence-corrected chi connectivity index (χ4v) is 7.84. The number of nitrogens with one attached hydrogen (secondary N) is 2. The minimum atomic E-state index is -0.792. The number of halogens is 1. The van der Waals surface area contributed by atoms with Crippen LogP contribution in [0.3, 0.4) is 0 Å². The second-order valence-corrected chi connectivity index (χ2v) is 19.9. The van der Waals surface area contributed by atoms with E-state index >= 15 is 4.39 Å². The number of aryl methyl sites for hydroxylation is 2. The molecule has 0 bridgehead atoms. The number of carbonyl (C=O) groups is 2. The normalized spacial score (nSPS) is 18.8. The Hall–Kier alpha value is -3.33. The fraction of sp³-hybridized carbons (Fsp3) is 0.658. The maximum Gasteiger partial charge on any atom is 0.270 e. The van der Waals surface area contributed by atoms with Crippen LogP contribution in [0.15, 0.2) is 24.4 Å². The van der Waals surface area contributed by atoms with Gasteiger partial charge in [-0.2, -0.15) is 14.6 Å². The lowest BCUT2D eigenvalue weighted by molar-refractivity contribution is -0.163. The zero-order valence-corrected chi connectivity index (χ0v) is 32.2. The van der Waals surface area contributed by atoms with Crippen molar-refractivity contribution >= 4 is 27.7 Å². The van der Waals surface area contributed by atoms with Crippen molar-refractivity contribution in [2.24, 2.45) is 17.8 Å². The molecule has 1 saturated heterocycles. The van der Waals surface area contributed by atoms with Crippen LogP contribution in [0.25, 0.3) is 11.1 Å². The highest BCUT2D eigenvalue weighted by atomic mass is 32.3. The molecule has 1 aliphatic heterocycles. The number of nitrogens with zero attached hydrogens (tertiary/aromatic N) is 5. The van der Waals surface area contributed by atoms with Gasteiger partial charge in [0.05, 0.1) is 18.9 Å². The third-order valence-electron chi connectivity index (χ3n) is 10.2. The SMILES string of the molecule is CCc1c(-c2ccc(NC(=O)C(NC(=O)c3ccnn3CCCOC3CCCCO3)C(C3CC3)C3CC3)nc2F)c(C)nn1COCCS(C)(C)C. The average Bonchev–Trinajstić information content (AvgIpc) is 4.05. The number of hydrogen-bond donors (Lipinski definition) is 2. The van der Waals surface area contributed by atoms with E-state index in [-0.39, 0.29) is 23.9 Å². The number of aromatic nitrogens is 5. The Balaban J connectivity index is 1.12. The summed E-state index contributed by atoms with van der Waals surface area (Å²) in [5.41, 5.74) is 2.94. The maximum absolute atomic E-state index is 15.8. The lowest BCUT2D eigenvalue weighted by atomic mass is 9.88. The topological polar surface area (TPSA) is 134 Å². The predicted molar refractivity (Wildman–Crippen MR) is 201 cm³/mol. The molecule has 12 nitrogen and oxygen atoms in total. The number of rotatable bonds is 19. The van der Waals surface area contributed by atoms with Crippen molar-refractivity contribution in [1.29, 1.82) is 0 Å². The van der Waals surface area contributed by atoms with Gasteiger partial charge in [-0.15, -0.1) is 0 Å². The minimum Gasteiger partial charge on any atom is -0.358 e. The molecule has 3 aromatic heterocycles. The minimum absolute atomic E-state index is 0.000888. The molecule has 0 radical (unpaired) electrons. The van der Waals surface area contributed by atoms with E-state index in [2.05, 4.69) is 44.6 Å². The summed E-state index contributed by atoms with van der Waals surface area (Å²) in [7, 11) is -0.671. The van der Waals surface area contributed by atoms with Gasteiger partial charge in [0.2, 0.25) is 11.9 Å². The highest BCUT2D eigenvalue weighted by molar-refractivity contribution is 8.32. The lowest BCUT2D eigenvalue weighted by Gasteiger charge is -2.27. The Morgan fingerprint density at radius 1 is 1.06 bits per heavy atom. The van der Waals surface area contributed by atoms with E-state index in [9.17, 15) is 9.59 Å². The molecule has 14 heteroatoms. The highest BCUT2D eigenvalue weighted by Crippen LogP contribution is 2.51. The monoisotopic (exact) mass is 741 g/mol. The molecule has 3 fully saturated rings. The van der Waals surface area contributed by atoms with E-state index in [1.165, 1.54) is 0 Å². The van der Waals surface area contributed by atoms with Gasteiger partial charge in [-0.1, -0.05) is 6.92 Å². The van der Waals surface area contributed by atoms with Crippen molar-refractivity contribution in [1.82, 2.24) is 29.9 Å². The molecule has 3 aliphatic rings. The summed E-state index contributed by atoms with van der Waals surface area (Å²) < 4.78 is 36.7. The number of hydrogen-bond acceptors (Lipinski definition) is 8. The van der Waals surface area contributed by atoms with Crippen molar-refractivity contribution in [3.63, 3.8) is 0 Å². The van der Waals surface area contributed by atoms with Gasteiger partial charge in [-0.25, -0.2) is 19.7 Å². The number of anilines is 1. The number of ether oxygens (including phenoxy) is 3. The van der Waals surface area contributed by atoms with E-state index in [0.717, 1.165) is 63.0 Å². The summed E-state index contributed by atoms with van der Waals surface area (Å²) >= 11 is 0. The van der Waals surface area contributed by atoms with Crippen molar-refractivity contribution in [2.75, 3.05) is 49.7 Å². The van der Waals surface area contributed by atoms with Gasteiger partial charge in [0, 0.05) is 41.9 Å². The third kappa shape index (κ3) is 10.00. The fourth-order valence-electron chi connectivity index (χ4n) is 7.22. The van der Waals surface area contributed by atoms with Crippen molar-refractivity contribution in [3.8, 4) is 11.1 Å². The van der Waals surface area contributed by atoms with Gasteiger partial charge in [0.25, 0.3) is 5.91 Å². The van der Waals surface area contributed by atoms with E-state index in [1.54, 1.807) is 33.8 Å². The highest BCUT2D eigenvalue weighted by Gasteiger charge is 2.48. The molecule has 3 aromatic rings. The zero-order valence-electron chi connectivity index (χ0n) is 31.4. The molecule has 2 N–H and O–H groups in total. The predicted octanol–water partition coefficient (Wildman–Crippen LogP) is 5.93. The number of carbonyl (C=O) groups excluding carboxylic acids is 2. The Morgan fingerprint density at radius 3 is 2.48 bits per heavy atom. The molecule has 4 heterocycles. The van der Waals surface area contributed by atoms with Crippen LogP contribution in [-0.4, -0.2) is 93.0 Å². The summed E-state index contributed by atoms with van der Waals surface area (Å²) in [5.74, 6) is 0.374. The molecule has 286 valence electrons. The van der Waals surface area contributed by atoms with E-state index < -0.39 is 27.9 Å². The van der Waals surface area contributed by atoms with Crippen LogP contribution >= 0.6 is 10.0 Å². The standard InChI is InChI=1S/C38H56FN7O5S/c1-6-29-33(25(2)44-46(29)24-49-22-23-52(3,4)5)28-15-16-31(41-36(28)39)42-38(48)35(34(26-11-12-26)27-13-14-27)43-37(47)30-17-18-40-45(30)19-9-21-51-32-10-7-8-20-50-32/h15-18,26-27,32,34-35H,6-14,19-24H2,1-5H3,(H,43,47)(H,41,42,48). The maximum atomic E-state index is 15.8. The Morgan fingerprint density at radius 2 is 1.83 bits per heavy atom. The number of pyridine rings is 1. The van der Waals surface area contributed by atoms with Crippen LogP contribution in [0.5, 0.6) is 0 Å².